The molecule has 0 aliphatic rings. The van der Waals surface area contributed by atoms with Crippen molar-refractivity contribution in [2.45, 2.75) is 31.9 Å². The zero-order valence-electron chi connectivity index (χ0n) is 18.9. The molecule has 0 aliphatic carbocycles. The Balaban J connectivity index is 2.24. The second-order valence-electron chi connectivity index (χ2n) is 7.30. The maximum Gasteiger partial charge on any atom is 0.434 e. The fraction of sp³-hybridized carbons (Fsp3) is 0.318. The lowest BCUT2D eigenvalue weighted by Gasteiger charge is -2.23. The van der Waals surface area contributed by atoms with Gasteiger partial charge in [-0.15, -0.1) is 4.68 Å². The van der Waals surface area contributed by atoms with Gasteiger partial charge in [0.25, 0.3) is 17.6 Å². The lowest BCUT2D eigenvalue weighted by atomic mass is 9.98. The highest BCUT2D eigenvalue weighted by atomic mass is 19.4. The van der Waals surface area contributed by atoms with E-state index in [1.807, 2.05) is 0 Å². The smallest absolute Gasteiger partial charge is 0.434 e. The molecule has 0 amide bonds. The van der Waals surface area contributed by atoms with E-state index in [0.717, 1.165) is 20.3 Å². The molecular formula is C22H18F6N2O6. The molecule has 1 aromatic heterocycles. The molecule has 0 spiro atoms. The number of hydrogen-bond donors (Lipinski definition) is 0. The summed E-state index contributed by atoms with van der Waals surface area (Å²) in [6, 6.07) is 7.63. The fourth-order valence-electron chi connectivity index (χ4n) is 3.58. The van der Waals surface area contributed by atoms with Gasteiger partial charge in [-0.1, -0.05) is 17.0 Å². The molecule has 0 bridgehead atoms. The van der Waals surface area contributed by atoms with Crippen LogP contribution in [-0.4, -0.2) is 49.1 Å². The number of hydrogen-bond acceptors (Lipinski definition) is 6. The zero-order valence-corrected chi connectivity index (χ0v) is 18.9. The monoisotopic (exact) mass is 520 g/mol. The van der Waals surface area contributed by atoms with Crippen molar-refractivity contribution in [1.29, 1.82) is 0 Å². The van der Waals surface area contributed by atoms with Crippen LogP contribution in [0.2, 0.25) is 0 Å². The molecule has 194 valence electrons. The van der Waals surface area contributed by atoms with Crippen LogP contribution in [0, 0.1) is 5.21 Å². The first-order chi connectivity index (χ1) is 16.8. The van der Waals surface area contributed by atoms with E-state index in [1.54, 1.807) is 13.0 Å². The van der Waals surface area contributed by atoms with Gasteiger partial charge in [0.05, 0.1) is 31.7 Å². The average Bonchev–Trinajstić information content (AvgIpc) is 3.10. The number of aryl methyl sites for hydroxylation is 1. The van der Waals surface area contributed by atoms with Crippen molar-refractivity contribution in [3.8, 4) is 11.5 Å². The van der Waals surface area contributed by atoms with E-state index in [-0.39, 0.29) is 28.3 Å². The van der Waals surface area contributed by atoms with Gasteiger partial charge in [-0.25, -0.2) is 4.79 Å². The van der Waals surface area contributed by atoms with E-state index < -0.39 is 47.0 Å². The summed E-state index contributed by atoms with van der Waals surface area (Å²) >= 11 is 0. The molecule has 1 heterocycles. The SMILES string of the molecule is CCn1c2ccccc2c(C(=O)c2cc(OC)c(OC)cc2C(=O)OC(C(F)(F)F)C(F)(F)F)[n+]1[O-]. The maximum atomic E-state index is 13.5. The van der Waals surface area contributed by atoms with Crippen LogP contribution in [0.5, 0.6) is 11.5 Å². The van der Waals surface area contributed by atoms with E-state index in [1.165, 1.54) is 22.9 Å². The summed E-state index contributed by atoms with van der Waals surface area (Å²) in [6.07, 6.45) is -16.4. The van der Waals surface area contributed by atoms with Crippen LogP contribution in [0.15, 0.2) is 36.4 Å². The third kappa shape index (κ3) is 4.75. The molecule has 0 N–H and O–H groups in total. The summed E-state index contributed by atoms with van der Waals surface area (Å²) in [5.41, 5.74) is -1.91. The summed E-state index contributed by atoms with van der Waals surface area (Å²) in [5.74, 6) is -3.76. The predicted octanol–water partition coefficient (Wildman–Crippen LogP) is 4.19. The number of benzene rings is 2. The summed E-state index contributed by atoms with van der Waals surface area (Å²) in [6.45, 7) is 1.74. The van der Waals surface area contributed by atoms with Crippen LogP contribution in [0.4, 0.5) is 26.3 Å². The van der Waals surface area contributed by atoms with E-state index in [9.17, 15) is 41.1 Å². The van der Waals surface area contributed by atoms with Gasteiger partial charge in [-0.3, -0.25) is 4.79 Å². The number of esters is 1. The topological polar surface area (TPSA) is 93.7 Å². The minimum Gasteiger partial charge on any atom is -0.595 e. The van der Waals surface area contributed by atoms with Crippen LogP contribution in [0.1, 0.15) is 33.3 Å². The first-order valence-corrected chi connectivity index (χ1v) is 10.1. The molecule has 0 radical (unpaired) electrons. The first kappa shape index (κ1) is 26.6. The minimum atomic E-state index is -5.98. The van der Waals surface area contributed by atoms with Gasteiger partial charge < -0.3 is 19.4 Å². The Morgan fingerprint density at radius 1 is 0.972 bits per heavy atom. The van der Waals surface area contributed by atoms with Crippen molar-refractivity contribution in [2.24, 2.45) is 0 Å². The summed E-state index contributed by atoms with van der Waals surface area (Å²) in [7, 11) is 2.23. The third-order valence-electron chi connectivity index (χ3n) is 5.17. The van der Waals surface area contributed by atoms with Gasteiger partial charge >= 0.3 is 18.3 Å². The number of nitrogens with zero attached hydrogens (tertiary/aromatic N) is 2. The minimum absolute atomic E-state index is 0.122. The number of ketones is 1. The van der Waals surface area contributed by atoms with Crippen LogP contribution in [-0.2, 0) is 11.3 Å². The molecule has 0 fully saturated rings. The van der Waals surface area contributed by atoms with Crippen molar-refractivity contribution in [1.82, 2.24) is 4.68 Å². The molecule has 2 aromatic carbocycles. The normalized spacial score (nSPS) is 12.2. The van der Waals surface area contributed by atoms with E-state index >= 15 is 0 Å². The van der Waals surface area contributed by atoms with E-state index in [0.29, 0.717) is 11.6 Å². The number of aromatic nitrogens is 2. The average molecular weight is 520 g/mol. The van der Waals surface area contributed by atoms with E-state index in [4.69, 9.17) is 9.47 Å². The molecule has 3 rings (SSSR count). The zero-order chi connectivity index (χ0) is 27.0. The lowest BCUT2D eigenvalue weighted by molar-refractivity contribution is -0.692. The quantitative estimate of drug-likeness (QED) is 0.153. The summed E-state index contributed by atoms with van der Waals surface area (Å²) in [4.78, 5) is 26.4. The Morgan fingerprint density at radius 3 is 2.00 bits per heavy atom. The number of para-hydroxylation sites is 1. The highest BCUT2D eigenvalue weighted by molar-refractivity contribution is 6.18. The van der Waals surface area contributed by atoms with Gasteiger partial charge in [0.2, 0.25) is 0 Å². The number of rotatable bonds is 7. The highest BCUT2D eigenvalue weighted by Crippen LogP contribution is 2.38. The number of methoxy groups -OCH3 is 2. The summed E-state index contributed by atoms with van der Waals surface area (Å²) in [5, 5.41) is 13.1. The molecule has 0 atom stereocenters. The second-order valence-corrected chi connectivity index (χ2v) is 7.30. The van der Waals surface area contributed by atoms with Crippen molar-refractivity contribution in [3.63, 3.8) is 0 Å². The molecule has 0 saturated heterocycles. The van der Waals surface area contributed by atoms with E-state index in [2.05, 4.69) is 4.74 Å². The number of carbonyl (C=O) groups is 2. The second kappa shape index (κ2) is 9.59. The molecule has 8 nitrogen and oxygen atoms in total. The number of fused-ring (bicyclic) bond motifs is 1. The summed E-state index contributed by atoms with van der Waals surface area (Å²) < 4.78 is 92.9. The molecular weight excluding hydrogens is 502 g/mol. The van der Waals surface area contributed by atoms with Crippen LogP contribution in [0.25, 0.3) is 10.9 Å². The molecule has 0 aliphatic heterocycles. The Morgan fingerprint density at radius 2 is 1.50 bits per heavy atom. The molecule has 36 heavy (non-hydrogen) atoms. The lowest BCUT2D eigenvalue weighted by Crippen LogP contribution is -2.45. The molecule has 3 aromatic rings. The number of halogens is 6. The largest absolute Gasteiger partial charge is 0.595 e. The molecule has 0 saturated carbocycles. The molecule has 14 heteroatoms. The Bertz CT molecular complexity index is 1300. The maximum absolute atomic E-state index is 13.5. The highest BCUT2D eigenvalue weighted by Gasteiger charge is 2.60. The molecule has 0 unspecified atom stereocenters. The van der Waals surface area contributed by atoms with Gasteiger partial charge in [0, 0.05) is 5.56 Å². The predicted molar refractivity (Wildman–Crippen MR) is 111 cm³/mol. The number of alkyl halides is 6. The van der Waals surface area contributed by atoms with Crippen molar-refractivity contribution in [2.75, 3.05) is 14.2 Å². The van der Waals surface area contributed by atoms with Gasteiger partial charge in [0.1, 0.15) is 5.52 Å². The third-order valence-corrected chi connectivity index (χ3v) is 5.17. The van der Waals surface area contributed by atoms with Crippen molar-refractivity contribution in [3.05, 3.63) is 58.4 Å². The standard InChI is InChI=1S/C22H18F6N2O6/c1-4-29-14-8-6-5-7-11(14)17(30(29)33)18(31)12-9-15(34-2)16(35-3)10-13(12)19(32)36-20(21(23,24)25)22(26,27)28/h5-10,20H,4H2,1-3H3. The Kier molecular flexibility index (Phi) is 7.09. The van der Waals surface area contributed by atoms with Crippen molar-refractivity contribution < 1.29 is 55.0 Å². The fourth-order valence-corrected chi connectivity index (χ4v) is 3.58. The van der Waals surface area contributed by atoms with Gasteiger partial charge in [0.15, 0.2) is 11.5 Å². The Hall–Kier alpha value is -3.97. The number of carbonyl (C=O) groups excluding carboxylic acids is 2. The first-order valence-electron chi connectivity index (χ1n) is 10.1. The van der Waals surface area contributed by atoms with Gasteiger partial charge in [-0.05, 0) is 31.2 Å². The van der Waals surface area contributed by atoms with Crippen LogP contribution >= 0.6 is 0 Å². The number of ether oxygens (including phenoxy) is 3. The van der Waals surface area contributed by atoms with Crippen molar-refractivity contribution >= 4 is 22.7 Å². The Labute approximate surface area is 199 Å². The van der Waals surface area contributed by atoms with Crippen LogP contribution < -0.4 is 14.3 Å². The van der Waals surface area contributed by atoms with Gasteiger partial charge in [-0.2, -0.15) is 26.3 Å². The van der Waals surface area contributed by atoms with Crippen LogP contribution in [0.3, 0.4) is 0 Å².